The van der Waals surface area contributed by atoms with Crippen LogP contribution in [0.5, 0.6) is 0 Å². The molecular formula is C20H34Cl3N3O8S. The average Bonchev–Trinajstić information content (AvgIpc) is 2.65. The van der Waals surface area contributed by atoms with E-state index in [-0.39, 0.29) is 18.1 Å². The largest absolute Gasteiger partial charge is 0.467 e. The molecule has 3 amide bonds. The molecule has 0 radical (unpaired) electrons. The van der Waals surface area contributed by atoms with Gasteiger partial charge in [0.2, 0.25) is 3.79 Å². The lowest BCUT2D eigenvalue weighted by molar-refractivity contribution is -0.142. The number of halogens is 3. The van der Waals surface area contributed by atoms with E-state index < -0.39 is 57.9 Å². The van der Waals surface area contributed by atoms with Crippen LogP contribution in [0.3, 0.4) is 0 Å². The second-order valence-corrected chi connectivity index (χ2v) is 12.8. The van der Waals surface area contributed by atoms with Gasteiger partial charge in [0.05, 0.1) is 13.2 Å². The molecule has 3 N–H and O–H groups in total. The van der Waals surface area contributed by atoms with Crippen molar-refractivity contribution in [1.82, 2.24) is 16.0 Å². The average molecular weight is 583 g/mol. The molecule has 0 aliphatic rings. The van der Waals surface area contributed by atoms with Crippen molar-refractivity contribution < 1.29 is 38.1 Å². The van der Waals surface area contributed by atoms with Crippen LogP contribution >= 0.6 is 46.6 Å². The van der Waals surface area contributed by atoms with Crippen LogP contribution in [0.25, 0.3) is 0 Å². The zero-order valence-corrected chi connectivity index (χ0v) is 23.9. The number of amides is 3. The van der Waals surface area contributed by atoms with E-state index in [1.54, 1.807) is 41.5 Å². The molecule has 35 heavy (non-hydrogen) atoms. The summed E-state index contributed by atoms with van der Waals surface area (Å²) in [6, 6.07) is -1.69. The molecule has 0 saturated carbocycles. The van der Waals surface area contributed by atoms with E-state index in [0.717, 1.165) is 7.11 Å². The normalized spacial score (nSPS) is 13.7. The number of alkyl carbamates (subject to hydrolysis) is 3. The highest BCUT2D eigenvalue weighted by Crippen LogP contribution is 2.25. The molecule has 0 aliphatic heterocycles. The van der Waals surface area contributed by atoms with Gasteiger partial charge in [-0.1, -0.05) is 34.8 Å². The second-order valence-electron chi connectivity index (χ2n) is 9.17. The Bertz CT molecular complexity index is 724. The SMILES string of the molecule is COC(=O)[C@H](CSC[C@@H](CNC(=O)OC(C)(C)C)NC(=O)OC(C)(C)C)NC(=O)OCC(Cl)(Cl)Cl. The lowest BCUT2D eigenvalue weighted by atomic mass is 10.2. The van der Waals surface area contributed by atoms with Crippen LogP contribution in [-0.2, 0) is 23.7 Å². The quantitative estimate of drug-likeness (QED) is 0.199. The molecule has 0 aromatic rings. The van der Waals surface area contributed by atoms with Crippen molar-refractivity contribution >= 4 is 70.8 Å². The van der Waals surface area contributed by atoms with Crippen molar-refractivity contribution in [3.63, 3.8) is 0 Å². The van der Waals surface area contributed by atoms with Crippen LogP contribution < -0.4 is 16.0 Å². The van der Waals surface area contributed by atoms with E-state index in [9.17, 15) is 19.2 Å². The highest BCUT2D eigenvalue weighted by molar-refractivity contribution is 7.99. The Kier molecular flexibility index (Phi) is 14.3. The summed E-state index contributed by atoms with van der Waals surface area (Å²) in [5.74, 6) is -0.450. The summed E-state index contributed by atoms with van der Waals surface area (Å²) < 4.78 is 18.1. The fourth-order valence-corrected chi connectivity index (χ4v) is 3.36. The van der Waals surface area contributed by atoms with Gasteiger partial charge in [0.1, 0.15) is 23.9 Å². The van der Waals surface area contributed by atoms with Crippen LogP contribution in [-0.4, -0.2) is 83.1 Å². The first-order valence-electron chi connectivity index (χ1n) is 10.4. The maximum atomic E-state index is 12.2. The molecule has 0 rings (SSSR count). The van der Waals surface area contributed by atoms with E-state index in [1.165, 1.54) is 11.8 Å². The van der Waals surface area contributed by atoms with Crippen molar-refractivity contribution in [3.05, 3.63) is 0 Å². The number of esters is 1. The molecule has 0 unspecified atom stereocenters. The molecule has 0 spiro atoms. The standard InChI is InChI=1S/C20H34Cl3N3O8S/c1-18(2,3)33-15(28)24-8-12(25-17(30)34-19(4,5)6)9-35-10-13(14(27)31-7)26-16(29)32-11-20(21,22)23/h12-13H,8-11H2,1-7H3,(H,24,28)(H,25,30)(H,26,29)/t12-,13+/m1/s1. The summed E-state index contributed by atoms with van der Waals surface area (Å²) in [5, 5.41) is 7.57. The van der Waals surface area contributed by atoms with Crippen molar-refractivity contribution in [3.8, 4) is 0 Å². The zero-order valence-electron chi connectivity index (χ0n) is 20.8. The Balaban J connectivity index is 5.06. The minimum Gasteiger partial charge on any atom is -0.467 e. The van der Waals surface area contributed by atoms with E-state index >= 15 is 0 Å². The van der Waals surface area contributed by atoms with Gasteiger partial charge in [-0.25, -0.2) is 19.2 Å². The minimum atomic E-state index is -1.81. The monoisotopic (exact) mass is 581 g/mol. The third kappa shape index (κ3) is 19.4. The first-order chi connectivity index (χ1) is 15.8. The van der Waals surface area contributed by atoms with Crippen molar-refractivity contribution in [2.45, 2.75) is 68.6 Å². The zero-order chi connectivity index (χ0) is 27.4. The number of thioether (sulfide) groups is 1. The number of ether oxygens (including phenoxy) is 4. The maximum Gasteiger partial charge on any atom is 0.408 e. The fourth-order valence-electron chi connectivity index (χ4n) is 2.12. The van der Waals surface area contributed by atoms with Crippen molar-refractivity contribution in [2.75, 3.05) is 31.8 Å². The number of rotatable bonds is 10. The summed E-state index contributed by atoms with van der Waals surface area (Å²) in [6.45, 7) is 9.79. The van der Waals surface area contributed by atoms with Gasteiger partial charge in [-0.05, 0) is 41.5 Å². The number of carbonyl (C=O) groups excluding carboxylic acids is 4. The van der Waals surface area contributed by atoms with Gasteiger partial charge >= 0.3 is 24.2 Å². The van der Waals surface area contributed by atoms with Gasteiger partial charge in [-0.15, -0.1) is 0 Å². The second kappa shape index (κ2) is 14.9. The molecule has 0 saturated heterocycles. The lowest BCUT2D eigenvalue weighted by Crippen LogP contribution is -2.48. The lowest BCUT2D eigenvalue weighted by Gasteiger charge is -2.25. The minimum absolute atomic E-state index is 0.0166. The number of hydrogen-bond acceptors (Lipinski definition) is 9. The number of methoxy groups -OCH3 is 1. The van der Waals surface area contributed by atoms with Crippen LogP contribution in [0.15, 0.2) is 0 Å². The van der Waals surface area contributed by atoms with Crippen LogP contribution in [0.4, 0.5) is 14.4 Å². The third-order valence-corrected chi connectivity index (χ3v) is 4.90. The molecule has 0 aromatic carbocycles. The Morgan fingerprint density at radius 1 is 0.829 bits per heavy atom. The molecule has 0 heterocycles. The first kappa shape index (κ1) is 33.5. The topological polar surface area (TPSA) is 141 Å². The molecule has 15 heteroatoms. The molecule has 0 bridgehead atoms. The number of hydrogen-bond donors (Lipinski definition) is 3. The summed E-state index contributed by atoms with van der Waals surface area (Å²) in [5.41, 5.74) is -1.43. The smallest absolute Gasteiger partial charge is 0.408 e. The predicted molar refractivity (Wildman–Crippen MR) is 135 cm³/mol. The molecule has 2 atom stereocenters. The molecule has 0 fully saturated rings. The van der Waals surface area contributed by atoms with Gasteiger partial charge in [0.15, 0.2) is 0 Å². The van der Waals surface area contributed by atoms with E-state index in [2.05, 4.69) is 16.0 Å². The van der Waals surface area contributed by atoms with Gasteiger partial charge in [-0.2, -0.15) is 11.8 Å². The highest BCUT2D eigenvalue weighted by Gasteiger charge is 2.27. The van der Waals surface area contributed by atoms with Gasteiger partial charge < -0.3 is 34.9 Å². The number of carbonyl (C=O) groups is 4. The van der Waals surface area contributed by atoms with Crippen LogP contribution in [0, 0.1) is 0 Å². The summed E-state index contributed by atoms with van der Waals surface area (Å²) >= 11 is 17.8. The Morgan fingerprint density at radius 3 is 1.86 bits per heavy atom. The summed E-state index contributed by atoms with van der Waals surface area (Å²) in [7, 11) is 1.16. The molecule has 0 aliphatic carbocycles. The van der Waals surface area contributed by atoms with E-state index in [1.807, 2.05) is 0 Å². The van der Waals surface area contributed by atoms with Crippen LogP contribution in [0.1, 0.15) is 41.5 Å². The summed E-state index contributed by atoms with van der Waals surface area (Å²) in [4.78, 5) is 48.2. The molecule has 0 aromatic heterocycles. The maximum absolute atomic E-state index is 12.2. The number of alkyl halides is 3. The van der Waals surface area contributed by atoms with Crippen molar-refractivity contribution in [1.29, 1.82) is 0 Å². The molecule has 11 nitrogen and oxygen atoms in total. The van der Waals surface area contributed by atoms with Crippen molar-refractivity contribution in [2.24, 2.45) is 0 Å². The fraction of sp³-hybridized carbons (Fsp3) is 0.800. The third-order valence-electron chi connectivity index (χ3n) is 3.36. The Morgan fingerprint density at radius 2 is 1.37 bits per heavy atom. The van der Waals surface area contributed by atoms with Crippen LogP contribution in [0.2, 0.25) is 0 Å². The first-order valence-corrected chi connectivity index (χ1v) is 12.7. The van der Waals surface area contributed by atoms with Gasteiger partial charge in [0.25, 0.3) is 0 Å². The predicted octanol–water partition coefficient (Wildman–Crippen LogP) is 3.78. The molecule has 204 valence electrons. The van der Waals surface area contributed by atoms with Gasteiger partial charge in [0, 0.05) is 18.1 Å². The molecular weight excluding hydrogens is 549 g/mol. The van der Waals surface area contributed by atoms with Gasteiger partial charge in [-0.3, -0.25) is 0 Å². The van der Waals surface area contributed by atoms with E-state index in [0.29, 0.717) is 0 Å². The summed E-state index contributed by atoms with van der Waals surface area (Å²) in [6.07, 6.45) is -2.33. The highest BCUT2D eigenvalue weighted by atomic mass is 35.6. The number of nitrogens with one attached hydrogen (secondary N) is 3. The Labute approximate surface area is 224 Å². The Hall–Kier alpha value is -1.50. The van der Waals surface area contributed by atoms with E-state index in [4.69, 9.17) is 53.8 Å².